The van der Waals surface area contributed by atoms with Crippen LogP contribution < -0.4 is 10.6 Å². The predicted octanol–water partition coefficient (Wildman–Crippen LogP) is 3.25. The summed E-state index contributed by atoms with van der Waals surface area (Å²) in [6.45, 7) is 2.30. The van der Waals surface area contributed by atoms with Crippen LogP contribution in [-0.4, -0.2) is 28.5 Å². The summed E-state index contributed by atoms with van der Waals surface area (Å²) in [6.07, 6.45) is 7.85. The maximum absolute atomic E-state index is 12.3. The van der Waals surface area contributed by atoms with E-state index in [0.717, 1.165) is 19.3 Å². The summed E-state index contributed by atoms with van der Waals surface area (Å²) < 4.78 is 4.90. The molecule has 7 nitrogen and oxygen atoms in total. The lowest BCUT2D eigenvalue weighted by atomic mass is 9.97. The Balaban J connectivity index is 1.56. The normalized spacial score (nSPS) is 13.8. The van der Waals surface area contributed by atoms with Gasteiger partial charge in [0.15, 0.2) is 5.82 Å². The fraction of sp³-hybridized carbons (Fsp3) is 0.368. The molecule has 3 rings (SSSR count). The third-order valence-electron chi connectivity index (χ3n) is 4.20. The van der Waals surface area contributed by atoms with E-state index in [2.05, 4.69) is 26.9 Å². The Morgan fingerprint density at radius 2 is 2.00 bits per heavy atom. The molecule has 2 aromatic rings. The summed E-state index contributed by atoms with van der Waals surface area (Å²) in [4.78, 5) is 28.6. The number of allylic oxidation sites excluding steroid dienone is 1. The highest BCUT2D eigenvalue weighted by Crippen LogP contribution is 2.19. The molecule has 0 radical (unpaired) electrons. The van der Waals surface area contributed by atoms with Gasteiger partial charge in [-0.2, -0.15) is 0 Å². The molecular formula is C19H22N4O3. The van der Waals surface area contributed by atoms with Gasteiger partial charge < -0.3 is 15.2 Å². The van der Waals surface area contributed by atoms with E-state index in [1.807, 2.05) is 0 Å². The van der Waals surface area contributed by atoms with Crippen LogP contribution >= 0.6 is 0 Å². The molecule has 26 heavy (non-hydrogen) atoms. The van der Waals surface area contributed by atoms with E-state index in [4.69, 9.17) is 4.52 Å². The van der Waals surface area contributed by atoms with Crippen molar-refractivity contribution < 1.29 is 14.1 Å². The molecule has 2 amide bonds. The minimum atomic E-state index is -0.444. The second-order valence-electron chi connectivity index (χ2n) is 6.30. The molecular weight excluding hydrogens is 332 g/mol. The summed E-state index contributed by atoms with van der Waals surface area (Å²) in [7, 11) is 0. The molecule has 1 aliphatic carbocycles. The largest absolute Gasteiger partial charge is 0.360 e. The molecule has 2 aromatic heterocycles. The standard InChI is InChI=1S/C19H22N4O3/c1-13-12-17(23-26-13)22-19(25)16-9-5-8-15(21-16)18(24)20-11-10-14-6-3-2-4-7-14/h5-6,8-9,12H,2-4,7,10-11H2,1H3,(H,20,24)(H,22,23,25). The molecule has 0 atom stereocenters. The maximum Gasteiger partial charge on any atom is 0.275 e. The second kappa shape index (κ2) is 8.42. The van der Waals surface area contributed by atoms with Crippen LogP contribution in [-0.2, 0) is 0 Å². The highest BCUT2D eigenvalue weighted by Gasteiger charge is 2.14. The van der Waals surface area contributed by atoms with Crippen molar-refractivity contribution in [2.24, 2.45) is 0 Å². The van der Waals surface area contributed by atoms with Crippen LogP contribution in [0.15, 0.2) is 40.4 Å². The van der Waals surface area contributed by atoms with E-state index in [-0.39, 0.29) is 17.3 Å². The number of pyridine rings is 1. The smallest absolute Gasteiger partial charge is 0.275 e. The first kappa shape index (κ1) is 17.8. The molecule has 2 heterocycles. The Morgan fingerprint density at radius 1 is 1.19 bits per heavy atom. The summed E-state index contributed by atoms with van der Waals surface area (Å²) in [6, 6.07) is 6.38. The van der Waals surface area contributed by atoms with Crippen molar-refractivity contribution in [1.82, 2.24) is 15.5 Å². The molecule has 136 valence electrons. The van der Waals surface area contributed by atoms with Crippen LogP contribution in [0.25, 0.3) is 0 Å². The van der Waals surface area contributed by atoms with Gasteiger partial charge in [-0.3, -0.25) is 9.59 Å². The number of aryl methyl sites for hydroxylation is 1. The van der Waals surface area contributed by atoms with Gasteiger partial charge in [-0.1, -0.05) is 22.9 Å². The molecule has 0 spiro atoms. The quantitative estimate of drug-likeness (QED) is 0.776. The van der Waals surface area contributed by atoms with E-state index in [0.29, 0.717) is 18.1 Å². The summed E-state index contributed by atoms with van der Waals surface area (Å²) in [5, 5.41) is 9.15. The van der Waals surface area contributed by atoms with Crippen molar-refractivity contribution >= 4 is 17.6 Å². The summed E-state index contributed by atoms with van der Waals surface area (Å²) in [5.41, 5.74) is 1.76. The zero-order valence-electron chi connectivity index (χ0n) is 14.7. The first-order valence-corrected chi connectivity index (χ1v) is 8.79. The average Bonchev–Trinajstić information content (AvgIpc) is 3.07. The molecule has 0 fully saturated rings. The number of amides is 2. The predicted molar refractivity (Wildman–Crippen MR) is 96.9 cm³/mol. The Hall–Kier alpha value is -2.96. The number of carbonyl (C=O) groups excluding carboxylic acids is 2. The number of carbonyl (C=O) groups is 2. The van der Waals surface area contributed by atoms with Gasteiger partial charge in [-0.05, 0) is 51.2 Å². The lowest BCUT2D eigenvalue weighted by Crippen LogP contribution is -2.26. The molecule has 0 unspecified atom stereocenters. The van der Waals surface area contributed by atoms with Gasteiger partial charge in [-0.25, -0.2) is 4.98 Å². The SMILES string of the molecule is Cc1cc(NC(=O)c2cccc(C(=O)NCCC3=CCCCC3)n2)no1. The Bertz CT molecular complexity index is 826. The maximum atomic E-state index is 12.3. The van der Waals surface area contributed by atoms with Gasteiger partial charge in [0.05, 0.1) is 0 Å². The van der Waals surface area contributed by atoms with Crippen LogP contribution in [0.3, 0.4) is 0 Å². The lowest BCUT2D eigenvalue weighted by molar-refractivity contribution is 0.0949. The molecule has 0 saturated heterocycles. The van der Waals surface area contributed by atoms with Crippen molar-refractivity contribution in [3.8, 4) is 0 Å². The zero-order valence-corrected chi connectivity index (χ0v) is 14.7. The molecule has 0 aromatic carbocycles. The first-order valence-electron chi connectivity index (χ1n) is 8.79. The van der Waals surface area contributed by atoms with Crippen LogP contribution in [0.1, 0.15) is 58.8 Å². The molecule has 2 N–H and O–H groups in total. The van der Waals surface area contributed by atoms with E-state index in [1.165, 1.54) is 18.4 Å². The van der Waals surface area contributed by atoms with Crippen molar-refractivity contribution in [2.75, 3.05) is 11.9 Å². The monoisotopic (exact) mass is 354 g/mol. The number of hydrogen-bond donors (Lipinski definition) is 2. The minimum absolute atomic E-state index is 0.147. The Labute approximate surface area is 151 Å². The van der Waals surface area contributed by atoms with E-state index in [9.17, 15) is 9.59 Å². The first-order chi connectivity index (χ1) is 12.6. The molecule has 1 aliphatic rings. The van der Waals surface area contributed by atoms with Gasteiger partial charge in [0.25, 0.3) is 11.8 Å². The van der Waals surface area contributed by atoms with Crippen molar-refractivity contribution in [1.29, 1.82) is 0 Å². The Morgan fingerprint density at radius 3 is 2.69 bits per heavy atom. The molecule has 0 saturated carbocycles. The average molecular weight is 354 g/mol. The van der Waals surface area contributed by atoms with E-state index in [1.54, 1.807) is 31.2 Å². The number of nitrogens with zero attached hydrogens (tertiary/aromatic N) is 2. The van der Waals surface area contributed by atoms with E-state index >= 15 is 0 Å². The number of anilines is 1. The van der Waals surface area contributed by atoms with E-state index < -0.39 is 5.91 Å². The van der Waals surface area contributed by atoms with Crippen LogP contribution in [0.2, 0.25) is 0 Å². The highest BCUT2D eigenvalue weighted by atomic mass is 16.5. The van der Waals surface area contributed by atoms with Gasteiger partial charge in [0, 0.05) is 12.6 Å². The van der Waals surface area contributed by atoms with Crippen LogP contribution in [0, 0.1) is 6.92 Å². The number of aromatic nitrogens is 2. The van der Waals surface area contributed by atoms with Crippen LogP contribution in [0.5, 0.6) is 0 Å². The van der Waals surface area contributed by atoms with Crippen molar-refractivity contribution in [3.63, 3.8) is 0 Å². The fourth-order valence-corrected chi connectivity index (χ4v) is 2.85. The van der Waals surface area contributed by atoms with Crippen molar-refractivity contribution in [3.05, 3.63) is 53.1 Å². The fourth-order valence-electron chi connectivity index (χ4n) is 2.85. The summed E-state index contributed by atoms with van der Waals surface area (Å²) in [5.74, 6) is 0.174. The van der Waals surface area contributed by atoms with Gasteiger partial charge in [0.2, 0.25) is 0 Å². The number of nitrogens with one attached hydrogen (secondary N) is 2. The molecule has 7 heteroatoms. The third kappa shape index (κ3) is 4.78. The minimum Gasteiger partial charge on any atom is -0.360 e. The van der Waals surface area contributed by atoms with Gasteiger partial charge in [-0.15, -0.1) is 0 Å². The van der Waals surface area contributed by atoms with Gasteiger partial charge in [0.1, 0.15) is 17.1 Å². The zero-order chi connectivity index (χ0) is 18.4. The number of hydrogen-bond acceptors (Lipinski definition) is 5. The molecule has 0 aliphatic heterocycles. The number of rotatable bonds is 6. The third-order valence-corrected chi connectivity index (χ3v) is 4.20. The molecule has 0 bridgehead atoms. The Kier molecular flexibility index (Phi) is 5.78. The second-order valence-corrected chi connectivity index (χ2v) is 6.30. The highest BCUT2D eigenvalue weighted by molar-refractivity contribution is 6.03. The van der Waals surface area contributed by atoms with Crippen molar-refractivity contribution in [2.45, 2.75) is 39.0 Å². The lowest BCUT2D eigenvalue weighted by Gasteiger charge is -2.12. The van der Waals surface area contributed by atoms with Crippen LogP contribution in [0.4, 0.5) is 5.82 Å². The summed E-state index contributed by atoms with van der Waals surface area (Å²) >= 11 is 0. The topological polar surface area (TPSA) is 97.1 Å². The van der Waals surface area contributed by atoms with Gasteiger partial charge >= 0.3 is 0 Å².